The number of carboxylic acids is 1. The Morgan fingerprint density at radius 2 is 1.43 bits per heavy atom. The number of nitrogens with one attached hydrogen (secondary N) is 2. The fourth-order valence-corrected chi connectivity index (χ4v) is 4.43. The van der Waals surface area contributed by atoms with Gasteiger partial charge in [-0.05, 0) is 58.0 Å². The fourth-order valence-electron chi connectivity index (χ4n) is 4.43. The minimum Gasteiger partial charge on any atom is -0.483 e. The highest BCUT2D eigenvalue weighted by atomic mass is 16.4. The molecule has 0 aliphatic carbocycles. The van der Waals surface area contributed by atoms with Gasteiger partial charge in [0.05, 0.1) is 18.1 Å². The predicted molar refractivity (Wildman–Crippen MR) is 164 cm³/mol. The van der Waals surface area contributed by atoms with Crippen LogP contribution in [0.25, 0.3) is 22.3 Å². The summed E-state index contributed by atoms with van der Waals surface area (Å²) in [6, 6.07) is 20.3. The van der Waals surface area contributed by atoms with E-state index in [1.165, 1.54) is 0 Å². The Morgan fingerprint density at radius 3 is 1.93 bits per heavy atom. The van der Waals surface area contributed by atoms with Gasteiger partial charge in [0.15, 0.2) is 0 Å². The summed E-state index contributed by atoms with van der Waals surface area (Å²) < 4.78 is 1.56. The molecule has 11 heteroatoms. The van der Waals surface area contributed by atoms with Gasteiger partial charge in [-0.15, -0.1) is 0 Å². The van der Waals surface area contributed by atoms with Gasteiger partial charge in [-0.2, -0.15) is 5.26 Å². The van der Waals surface area contributed by atoms with Crippen LogP contribution in [0.3, 0.4) is 0 Å². The van der Waals surface area contributed by atoms with Gasteiger partial charge in [0.25, 0.3) is 6.47 Å². The van der Waals surface area contributed by atoms with E-state index in [1.807, 2.05) is 63.2 Å². The average molecular weight is 596 g/mol. The van der Waals surface area contributed by atoms with Gasteiger partial charge in [0.2, 0.25) is 11.8 Å². The van der Waals surface area contributed by atoms with E-state index in [9.17, 15) is 19.5 Å². The lowest BCUT2D eigenvalue weighted by Crippen LogP contribution is -2.53. The monoisotopic (exact) mass is 595 g/mol. The van der Waals surface area contributed by atoms with Crippen LogP contribution in [0.2, 0.25) is 0 Å². The SMILES string of the molecule is CC(C)(C)[C@H](NC(=O)[C@@H](CC(=O)O)n1ccc(-c2ccc(-c3ccc(C#N)cc3)cc2)c1)C(=O)Nc1ccncc1.O=CO. The number of hydrogen-bond acceptors (Lipinski definition) is 6. The van der Waals surface area contributed by atoms with E-state index in [4.69, 9.17) is 15.2 Å². The minimum absolute atomic E-state index is 0.250. The number of carboxylic acid groups (broad SMARTS) is 2. The Morgan fingerprint density at radius 1 is 0.909 bits per heavy atom. The van der Waals surface area contributed by atoms with Crippen molar-refractivity contribution < 1.29 is 29.4 Å². The van der Waals surface area contributed by atoms with Crippen LogP contribution in [-0.2, 0) is 19.2 Å². The standard InChI is InChI=1S/C32H31N5O4.CH2O2/c1-32(2,3)29(31(41)35-26-12-15-34-16-13-26)36-30(40)27(18-28(38)39)37-17-14-25(20-37)24-10-8-23(9-11-24)22-6-4-21(19-33)5-7-22;2-1-3/h4-17,20,27,29H,18H2,1-3H3,(H,36,40)(H,38,39)(H,34,35,41);1H,(H,2,3)/t27-,29-;/m1./s1. The molecule has 4 aromatic rings. The Kier molecular flexibility index (Phi) is 11.1. The molecule has 44 heavy (non-hydrogen) atoms. The Hall–Kier alpha value is -5.76. The molecule has 2 heterocycles. The second-order valence-electron chi connectivity index (χ2n) is 10.9. The van der Waals surface area contributed by atoms with Gasteiger partial charge in [0.1, 0.15) is 12.1 Å². The molecule has 2 aromatic carbocycles. The maximum atomic E-state index is 13.5. The Bertz CT molecular complexity index is 1620. The predicted octanol–water partition coefficient (Wildman–Crippen LogP) is 4.97. The van der Waals surface area contributed by atoms with Crippen molar-refractivity contribution in [2.75, 3.05) is 5.32 Å². The topological polar surface area (TPSA) is 174 Å². The highest BCUT2D eigenvalue weighted by Gasteiger charge is 2.35. The molecule has 2 atom stereocenters. The van der Waals surface area contributed by atoms with Crippen molar-refractivity contribution >= 4 is 29.9 Å². The highest BCUT2D eigenvalue weighted by Crippen LogP contribution is 2.28. The molecule has 0 spiro atoms. The minimum atomic E-state index is -1.14. The third-order valence-corrected chi connectivity index (χ3v) is 6.67. The number of hydrogen-bond donors (Lipinski definition) is 4. The van der Waals surface area contributed by atoms with Crippen LogP contribution in [0, 0.1) is 16.7 Å². The second kappa shape index (κ2) is 14.9. The molecule has 0 saturated carbocycles. The zero-order chi connectivity index (χ0) is 32.3. The van der Waals surface area contributed by atoms with Gasteiger partial charge >= 0.3 is 5.97 Å². The first kappa shape index (κ1) is 32.8. The summed E-state index contributed by atoms with van der Waals surface area (Å²) in [5, 5.41) is 31.1. The van der Waals surface area contributed by atoms with Crippen LogP contribution in [0.1, 0.15) is 38.8 Å². The van der Waals surface area contributed by atoms with Gasteiger partial charge in [-0.25, -0.2) is 0 Å². The maximum Gasteiger partial charge on any atom is 0.306 e. The number of benzene rings is 2. The quantitative estimate of drug-likeness (QED) is 0.196. The molecule has 0 aliphatic heterocycles. The van der Waals surface area contributed by atoms with Gasteiger partial charge in [-0.3, -0.25) is 24.2 Å². The van der Waals surface area contributed by atoms with E-state index in [1.54, 1.807) is 53.6 Å². The molecule has 2 aromatic heterocycles. The first-order chi connectivity index (χ1) is 21.0. The van der Waals surface area contributed by atoms with Gasteiger partial charge in [-0.1, -0.05) is 57.2 Å². The van der Waals surface area contributed by atoms with Crippen molar-refractivity contribution in [1.82, 2.24) is 14.9 Å². The highest BCUT2D eigenvalue weighted by molar-refractivity contribution is 5.98. The van der Waals surface area contributed by atoms with Crippen molar-refractivity contribution in [3.05, 3.63) is 97.1 Å². The van der Waals surface area contributed by atoms with Crippen LogP contribution < -0.4 is 10.6 Å². The third-order valence-electron chi connectivity index (χ3n) is 6.67. The molecule has 2 amide bonds. The van der Waals surface area contributed by atoms with Crippen LogP contribution in [-0.4, -0.2) is 50.1 Å². The number of amides is 2. The van der Waals surface area contributed by atoms with Crippen molar-refractivity contribution in [2.24, 2.45) is 5.41 Å². The molecule has 0 aliphatic rings. The molecule has 0 radical (unpaired) electrons. The third kappa shape index (κ3) is 8.87. The number of carbonyl (C=O) groups excluding carboxylic acids is 2. The number of nitrogens with zero attached hydrogens (tertiary/aromatic N) is 3. The first-order valence-electron chi connectivity index (χ1n) is 13.6. The van der Waals surface area contributed by atoms with Crippen LogP contribution in [0.4, 0.5) is 5.69 Å². The normalized spacial score (nSPS) is 12.0. The van der Waals surface area contributed by atoms with Crippen molar-refractivity contribution in [3.63, 3.8) is 0 Å². The lowest BCUT2D eigenvalue weighted by molar-refractivity contribution is -0.141. The van der Waals surface area contributed by atoms with E-state index in [-0.39, 0.29) is 6.47 Å². The Labute approximate surface area is 254 Å². The summed E-state index contributed by atoms with van der Waals surface area (Å²) in [7, 11) is 0. The van der Waals surface area contributed by atoms with Crippen LogP contribution in [0.15, 0.2) is 91.5 Å². The second-order valence-corrected chi connectivity index (χ2v) is 10.9. The fraction of sp³-hybridized carbons (Fsp3) is 0.212. The van der Waals surface area contributed by atoms with E-state index in [2.05, 4.69) is 21.7 Å². The number of nitriles is 1. The van der Waals surface area contributed by atoms with Gasteiger partial charge in [0, 0.05) is 30.5 Å². The zero-order valence-corrected chi connectivity index (χ0v) is 24.5. The zero-order valence-electron chi connectivity index (χ0n) is 24.5. The summed E-state index contributed by atoms with van der Waals surface area (Å²) >= 11 is 0. The summed E-state index contributed by atoms with van der Waals surface area (Å²) in [5.41, 5.74) is 4.14. The number of rotatable bonds is 9. The van der Waals surface area contributed by atoms with E-state index in [0.717, 1.165) is 22.3 Å². The average Bonchev–Trinajstić information content (AvgIpc) is 3.49. The summed E-state index contributed by atoms with van der Waals surface area (Å²) in [6.07, 6.45) is 6.04. The molecule has 4 N–H and O–H groups in total. The lowest BCUT2D eigenvalue weighted by atomic mass is 9.85. The van der Waals surface area contributed by atoms with Crippen LogP contribution >= 0.6 is 0 Å². The summed E-state index contributed by atoms with van der Waals surface area (Å²) in [5.74, 6) is -2.13. The molecule has 4 rings (SSSR count). The molecular formula is C33H33N5O6. The number of pyridine rings is 1. The van der Waals surface area contributed by atoms with Crippen molar-refractivity contribution in [1.29, 1.82) is 5.26 Å². The molecule has 0 fully saturated rings. The molecule has 0 saturated heterocycles. The summed E-state index contributed by atoms with van der Waals surface area (Å²) in [6.45, 7) is 5.22. The van der Waals surface area contributed by atoms with E-state index >= 15 is 0 Å². The number of aliphatic carboxylic acids is 1. The van der Waals surface area contributed by atoms with Crippen molar-refractivity contribution in [3.8, 4) is 28.3 Å². The number of anilines is 1. The Balaban J connectivity index is 0.00000169. The molecule has 0 bridgehead atoms. The van der Waals surface area contributed by atoms with Crippen LogP contribution in [0.5, 0.6) is 0 Å². The molecule has 0 unspecified atom stereocenters. The largest absolute Gasteiger partial charge is 0.483 e. The number of carbonyl (C=O) groups is 4. The lowest BCUT2D eigenvalue weighted by Gasteiger charge is -2.31. The van der Waals surface area contributed by atoms with Crippen molar-refractivity contribution in [2.45, 2.75) is 39.3 Å². The summed E-state index contributed by atoms with van der Waals surface area (Å²) in [4.78, 5) is 50.7. The molecule has 226 valence electrons. The maximum absolute atomic E-state index is 13.5. The molecular weight excluding hydrogens is 562 g/mol. The van der Waals surface area contributed by atoms with Gasteiger partial charge < -0.3 is 25.4 Å². The smallest absolute Gasteiger partial charge is 0.306 e. The van der Waals surface area contributed by atoms with E-state index < -0.39 is 41.7 Å². The molecule has 11 nitrogen and oxygen atoms in total. The van der Waals surface area contributed by atoms with E-state index in [0.29, 0.717) is 11.3 Å². The first-order valence-corrected chi connectivity index (χ1v) is 13.6. The number of aromatic nitrogens is 2.